The van der Waals surface area contributed by atoms with Gasteiger partial charge in [-0.15, -0.1) is 0 Å². The first-order valence-electron chi connectivity index (χ1n) is 12.6. The molecule has 2 aromatic carbocycles. The van der Waals surface area contributed by atoms with E-state index in [1.54, 1.807) is 30.5 Å². The fourth-order valence-corrected chi connectivity index (χ4v) is 6.56. The normalized spacial score (nSPS) is 13.7. The largest absolute Gasteiger partial charge is 0.486 e. The lowest BCUT2D eigenvalue weighted by atomic mass is 10.2. The zero-order chi connectivity index (χ0) is 27.3. The third-order valence-electron chi connectivity index (χ3n) is 5.99. The van der Waals surface area contributed by atoms with Crippen LogP contribution in [0.25, 0.3) is 10.2 Å². The van der Waals surface area contributed by atoms with Gasteiger partial charge < -0.3 is 18.8 Å². The number of ether oxygens (including phenoxy) is 3. The average Bonchev–Trinajstić information content (AvgIpc) is 3.23. The Labute approximate surface area is 225 Å². The lowest BCUT2D eigenvalue weighted by Gasteiger charge is -2.20. The van der Waals surface area contributed by atoms with Gasteiger partial charge >= 0.3 is 5.97 Å². The predicted molar refractivity (Wildman–Crippen MR) is 143 cm³/mol. The van der Waals surface area contributed by atoms with Crippen LogP contribution in [0.2, 0.25) is 0 Å². The molecule has 1 aliphatic heterocycles. The smallest absolute Gasteiger partial charge is 0.326 e. The van der Waals surface area contributed by atoms with Gasteiger partial charge in [-0.1, -0.05) is 31.6 Å². The van der Waals surface area contributed by atoms with E-state index in [1.807, 2.05) is 6.92 Å². The summed E-state index contributed by atoms with van der Waals surface area (Å²) in [5, 5.41) is 0. The number of hydrogen-bond donors (Lipinski definition) is 0. The van der Waals surface area contributed by atoms with Gasteiger partial charge in [0.25, 0.3) is 5.91 Å². The van der Waals surface area contributed by atoms with Crippen LogP contribution in [0.1, 0.15) is 44.0 Å². The van der Waals surface area contributed by atoms with Gasteiger partial charge in [0.05, 0.1) is 21.7 Å². The summed E-state index contributed by atoms with van der Waals surface area (Å²) in [6.07, 6.45) is 1.66. The van der Waals surface area contributed by atoms with E-state index in [4.69, 9.17) is 14.2 Å². The highest BCUT2D eigenvalue weighted by molar-refractivity contribution is 7.89. The molecule has 0 atom stereocenters. The van der Waals surface area contributed by atoms with E-state index >= 15 is 0 Å². The minimum atomic E-state index is -3.66. The Morgan fingerprint density at radius 3 is 2.39 bits per heavy atom. The summed E-state index contributed by atoms with van der Waals surface area (Å²) in [6, 6.07) is 9.32. The molecular formula is C26H31N3O7S2. The van der Waals surface area contributed by atoms with Crippen molar-refractivity contribution in [2.24, 2.45) is 4.99 Å². The highest BCUT2D eigenvalue weighted by Crippen LogP contribution is 2.35. The van der Waals surface area contributed by atoms with Gasteiger partial charge in [0.2, 0.25) is 10.0 Å². The Morgan fingerprint density at radius 2 is 1.76 bits per heavy atom. The van der Waals surface area contributed by atoms with Crippen molar-refractivity contribution in [1.29, 1.82) is 0 Å². The first-order chi connectivity index (χ1) is 18.3. The van der Waals surface area contributed by atoms with Crippen molar-refractivity contribution in [1.82, 2.24) is 8.87 Å². The van der Waals surface area contributed by atoms with Crippen LogP contribution in [-0.4, -0.2) is 62.1 Å². The molecule has 1 aliphatic rings. The molecule has 0 radical (unpaired) electrons. The van der Waals surface area contributed by atoms with Gasteiger partial charge in [0.1, 0.15) is 19.8 Å². The van der Waals surface area contributed by atoms with Crippen LogP contribution in [0.5, 0.6) is 11.5 Å². The second-order valence-electron chi connectivity index (χ2n) is 8.53. The van der Waals surface area contributed by atoms with Crippen LogP contribution in [0, 0.1) is 0 Å². The molecule has 1 aromatic heterocycles. The van der Waals surface area contributed by atoms with E-state index in [0.29, 0.717) is 48.1 Å². The lowest BCUT2D eigenvalue weighted by molar-refractivity contribution is -0.143. The number of nitrogens with zero attached hydrogens (tertiary/aromatic N) is 3. The van der Waals surface area contributed by atoms with Gasteiger partial charge in [0.15, 0.2) is 16.3 Å². The molecular weight excluding hydrogens is 530 g/mol. The zero-order valence-corrected chi connectivity index (χ0v) is 23.3. The quantitative estimate of drug-likeness (QED) is 0.347. The third kappa shape index (κ3) is 5.92. The maximum absolute atomic E-state index is 13.1. The molecule has 0 N–H and O–H groups in total. The van der Waals surface area contributed by atoms with E-state index < -0.39 is 21.9 Å². The van der Waals surface area contributed by atoms with Crippen molar-refractivity contribution in [3.63, 3.8) is 0 Å². The van der Waals surface area contributed by atoms with Crippen LogP contribution in [0.3, 0.4) is 0 Å². The van der Waals surface area contributed by atoms with Gasteiger partial charge in [-0.25, -0.2) is 8.42 Å². The van der Waals surface area contributed by atoms with Crippen LogP contribution >= 0.6 is 11.3 Å². The van der Waals surface area contributed by atoms with Crippen molar-refractivity contribution in [3.05, 3.63) is 46.8 Å². The monoisotopic (exact) mass is 561 g/mol. The molecule has 3 aromatic rings. The van der Waals surface area contributed by atoms with Crippen LogP contribution in [0.4, 0.5) is 0 Å². The number of benzene rings is 2. The van der Waals surface area contributed by atoms with Crippen molar-refractivity contribution < 1.29 is 32.2 Å². The van der Waals surface area contributed by atoms with Crippen LogP contribution in [-0.2, 0) is 26.1 Å². The summed E-state index contributed by atoms with van der Waals surface area (Å²) in [4.78, 5) is 30.2. The summed E-state index contributed by atoms with van der Waals surface area (Å²) >= 11 is 1.23. The molecule has 0 saturated carbocycles. The Bertz CT molecular complexity index is 1490. The summed E-state index contributed by atoms with van der Waals surface area (Å²) in [5.74, 6) is 0.111. The minimum Gasteiger partial charge on any atom is -0.486 e. The number of amides is 1. The van der Waals surface area contributed by atoms with E-state index in [1.165, 1.54) is 39.9 Å². The van der Waals surface area contributed by atoms with Crippen molar-refractivity contribution in [3.8, 4) is 11.5 Å². The summed E-state index contributed by atoms with van der Waals surface area (Å²) in [6.45, 7) is 7.27. The number of carbonyl (C=O) groups is 2. The maximum atomic E-state index is 13.1. The molecule has 2 heterocycles. The van der Waals surface area contributed by atoms with E-state index in [-0.39, 0.29) is 23.6 Å². The van der Waals surface area contributed by atoms with E-state index in [0.717, 1.165) is 17.5 Å². The number of rotatable bonds is 10. The molecule has 1 amide bonds. The topological polar surface area (TPSA) is 117 Å². The fraction of sp³-hybridized carbons (Fsp3) is 0.423. The second kappa shape index (κ2) is 12.1. The average molecular weight is 562 g/mol. The number of unbranched alkanes of at least 4 members (excludes halogenated alkanes) is 1. The first kappa shape index (κ1) is 27.8. The molecule has 38 heavy (non-hydrogen) atoms. The van der Waals surface area contributed by atoms with E-state index in [2.05, 4.69) is 4.99 Å². The van der Waals surface area contributed by atoms with Crippen molar-refractivity contribution in [2.45, 2.75) is 45.1 Å². The summed E-state index contributed by atoms with van der Waals surface area (Å²) in [5.41, 5.74) is 0.888. The SMILES string of the molecule is CCCCN(CC)S(=O)(=O)c1ccc(C(=O)N=c2sc3cc4c(cc3n2CC(=O)OCC)OCCO4)cc1. The molecule has 0 aliphatic carbocycles. The Hall–Kier alpha value is -3.22. The Morgan fingerprint density at radius 1 is 1.08 bits per heavy atom. The number of sulfonamides is 1. The molecule has 10 nitrogen and oxygen atoms in total. The zero-order valence-electron chi connectivity index (χ0n) is 21.6. The van der Waals surface area contributed by atoms with Gasteiger partial charge in [-0.05, 0) is 37.6 Å². The van der Waals surface area contributed by atoms with Crippen molar-refractivity contribution >= 4 is 43.5 Å². The van der Waals surface area contributed by atoms with Crippen LogP contribution < -0.4 is 14.3 Å². The molecule has 0 saturated heterocycles. The number of carbonyl (C=O) groups excluding carboxylic acids is 2. The van der Waals surface area contributed by atoms with Gasteiger partial charge in [-0.2, -0.15) is 9.30 Å². The lowest BCUT2D eigenvalue weighted by Crippen LogP contribution is -2.31. The highest BCUT2D eigenvalue weighted by atomic mass is 32.2. The Balaban J connectivity index is 1.69. The molecule has 204 valence electrons. The standard InChI is InChI=1S/C26H31N3O7S2/c1-4-7-12-28(5-2)38(32,33)19-10-8-18(9-11-19)25(31)27-26-29(17-24(30)34-6-3)20-15-21-22(16-23(20)37-26)36-14-13-35-21/h8-11,15-16H,4-7,12-14,17H2,1-3H3. The molecule has 0 spiro atoms. The molecule has 0 bridgehead atoms. The predicted octanol–water partition coefficient (Wildman–Crippen LogP) is 3.59. The number of esters is 1. The number of fused-ring (bicyclic) bond motifs is 2. The third-order valence-corrected chi connectivity index (χ3v) is 9.02. The summed E-state index contributed by atoms with van der Waals surface area (Å²) < 4.78 is 46.3. The molecule has 0 unspecified atom stereocenters. The molecule has 4 rings (SSSR count). The number of hydrogen-bond acceptors (Lipinski definition) is 8. The first-order valence-corrected chi connectivity index (χ1v) is 14.8. The Kier molecular flexibility index (Phi) is 8.85. The molecule has 0 fully saturated rings. The highest BCUT2D eigenvalue weighted by Gasteiger charge is 2.23. The van der Waals surface area contributed by atoms with E-state index in [9.17, 15) is 18.0 Å². The minimum absolute atomic E-state index is 0.122. The summed E-state index contributed by atoms with van der Waals surface area (Å²) in [7, 11) is -3.66. The van der Waals surface area contributed by atoms with Crippen molar-refractivity contribution in [2.75, 3.05) is 32.9 Å². The van der Waals surface area contributed by atoms with Gasteiger partial charge in [0, 0.05) is 30.8 Å². The van der Waals surface area contributed by atoms with Crippen LogP contribution in [0.15, 0.2) is 46.3 Å². The molecule has 12 heteroatoms. The second-order valence-corrected chi connectivity index (χ2v) is 11.5. The number of aromatic nitrogens is 1. The van der Waals surface area contributed by atoms with Gasteiger partial charge in [-0.3, -0.25) is 9.59 Å². The fourth-order valence-electron chi connectivity index (χ4n) is 4.03. The maximum Gasteiger partial charge on any atom is 0.326 e. The number of thiazole rings is 1.